The van der Waals surface area contributed by atoms with Gasteiger partial charge in [0.05, 0.1) is 0 Å². The highest BCUT2D eigenvalue weighted by atomic mass is 16.7. The predicted octanol–water partition coefficient (Wildman–Crippen LogP) is -2.07. The van der Waals surface area contributed by atoms with Crippen molar-refractivity contribution < 1.29 is 15.1 Å². The molecule has 0 saturated carbocycles. The zero-order valence-electron chi connectivity index (χ0n) is 4.13. The quantitative estimate of drug-likeness (QED) is 0.146. The van der Waals surface area contributed by atoms with Crippen molar-refractivity contribution in [3.63, 3.8) is 0 Å². The number of hydrogen-bond donors (Lipinski definition) is 2. The first-order chi connectivity index (χ1) is 4.09. The molecule has 48 valence electrons. The predicted molar refractivity (Wildman–Crippen MR) is 24.6 cm³/mol. The van der Waals surface area contributed by atoms with Crippen LogP contribution in [0.1, 0.15) is 0 Å². The lowest BCUT2D eigenvalue weighted by Crippen LogP contribution is -2.39. The molecule has 2 N–H and O–H groups in total. The van der Waals surface area contributed by atoms with Crippen LogP contribution in [0.15, 0.2) is 0 Å². The highest BCUT2D eigenvalue weighted by Gasteiger charge is 2.30. The summed E-state index contributed by atoms with van der Waals surface area (Å²) in [5.41, 5.74) is 0. The summed E-state index contributed by atoms with van der Waals surface area (Å²) in [5.74, 6) is 0. The third kappa shape index (κ3) is 1.94. The van der Waals surface area contributed by atoms with Crippen LogP contribution in [0, 0.1) is 21.6 Å². The van der Waals surface area contributed by atoms with E-state index in [2.05, 4.69) is 0 Å². The van der Waals surface area contributed by atoms with Crippen LogP contribution in [-0.4, -0.2) is 27.3 Å². The van der Waals surface area contributed by atoms with E-state index in [0.29, 0.717) is 0 Å². The van der Waals surface area contributed by atoms with Crippen molar-refractivity contribution in [1.29, 1.82) is 5.26 Å². The van der Waals surface area contributed by atoms with Crippen molar-refractivity contribution >= 4 is 7.25 Å². The van der Waals surface area contributed by atoms with E-state index in [-0.39, 0.29) is 0 Å². The number of nitriles is 1. The Morgan fingerprint density at radius 3 is 2.22 bits per heavy atom. The Morgan fingerprint density at radius 2 is 2.22 bits per heavy atom. The minimum Gasteiger partial charge on any atom is -0.404 e. The van der Waals surface area contributed by atoms with Gasteiger partial charge in [0.25, 0.3) is 0 Å². The molecule has 0 aromatic heterocycles. The van der Waals surface area contributed by atoms with Crippen LogP contribution in [0.5, 0.6) is 0 Å². The molecule has 0 aromatic rings. The van der Waals surface area contributed by atoms with Gasteiger partial charge in [-0.3, -0.25) is 0 Å². The Labute approximate surface area is 50.0 Å². The normalized spacial score (nSPS) is 7.67. The second kappa shape index (κ2) is 2.86. The second-order valence-corrected chi connectivity index (χ2v) is 1.03. The Kier molecular flexibility index (Phi) is 2.44. The summed E-state index contributed by atoms with van der Waals surface area (Å²) in [5, 5.41) is 32.1. The number of rotatable bonds is 2. The molecule has 9 heavy (non-hydrogen) atoms. The molecule has 8 heteroatoms. The van der Waals surface area contributed by atoms with Crippen molar-refractivity contribution in [2.24, 2.45) is 0 Å². The van der Waals surface area contributed by atoms with Gasteiger partial charge in [-0.25, -0.2) is 10.1 Å². The fraction of sp³-hybridized carbons (Fsp3) is 0. The van der Waals surface area contributed by atoms with E-state index in [9.17, 15) is 10.1 Å². The summed E-state index contributed by atoms with van der Waals surface area (Å²) in [6.45, 7) is 0. The van der Waals surface area contributed by atoms with Gasteiger partial charge in [-0.1, -0.05) is 0 Å². The lowest BCUT2D eigenvalue weighted by atomic mass is 10.1. The Balaban J connectivity index is 4.04. The fourth-order valence-electron chi connectivity index (χ4n) is 0.172. The highest BCUT2D eigenvalue weighted by Crippen LogP contribution is 1.83. The molecule has 0 heterocycles. The maximum Gasteiger partial charge on any atom is 0.667 e. The average molecular weight is 131 g/mol. The van der Waals surface area contributed by atoms with E-state index in [1.165, 1.54) is 0 Å². The third-order valence-corrected chi connectivity index (χ3v) is 0.497. The average Bonchev–Trinajstić information content (AvgIpc) is 1.64. The molecule has 0 aliphatic rings. The van der Waals surface area contributed by atoms with Gasteiger partial charge in [-0.15, -0.1) is 0 Å². The van der Waals surface area contributed by atoms with E-state index in [0.717, 1.165) is 6.19 Å². The minimum atomic E-state index is -2.37. The summed E-state index contributed by atoms with van der Waals surface area (Å²) in [7, 11) is -2.37. The van der Waals surface area contributed by atoms with Crippen LogP contribution in [-0.2, 0) is 0 Å². The maximum absolute atomic E-state index is 9.56. The Bertz CT molecular complexity index is 150. The lowest BCUT2D eigenvalue weighted by Gasteiger charge is -1.99. The molecule has 0 spiro atoms. The zero-order valence-corrected chi connectivity index (χ0v) is 4.13. The van der Waals surface area contributed by atoms with Gasteiger partial charge in [0, 0.05) is 0 Å². The molecule has 0 fully saturated rings. The Morgan fingerprint density at radius 1 is 1.78 bits per heavy atom. The van der Waals surface area contributed by atoms with E-state index < -0.39 is 17.2 Å². The summed E-state index contributed by atoms with van der Waals surface area (Å²) >= 11 is 0. The molecule has 0 unspecified atom stereocenters. The molecule has 0 saturated heterocycles. The van der Waals surface area contributed by atoms with Crippen LogP contribution < -0.4 is 0 Å². The van der Waals surface area contributed by atoms with E-state index >= 15 is 0 Å². The van der Waals surface area contributed by atoms with Gasteiger partial charge in [0.1, 0.15) is 0 Å². The van der Waals surface area contributed by atoms with Gasteiger partial charge in [0.15, 0.2) is 5.03 Å². The van der Waals surface area contributed by atoms with Gasteiger partial charge >= 0.3 is 7.25 Å². The zero-order chi connectivity index (χ0) is 7.44. The molecule has 0 atom stereocenters. The molecule has 7 nitrogen and oxygen atoms in total. The Hall–Kier alpha value is -1.33. The molecule has 0 radical (unpaired) electrons. The summed E-state index contributed by atoms with van der Waals surface area (Å²) in [6, 6.07) is 0. The smallest absolute Gasteiger partial charge is 0.404 e. The van der Waals surface area contributed by atoms with E-state index in [4.69, 9.17) is 15.3 Å². The molecule has 0 rings (SSSR count). The van der Waals surface area contributed by atoms with Gasteiger partial charge in [0.2, 0.25) is 6.19 Å². The third-order valence-electron chi connectivity index (χ3n) is 0.497. The van der Waals surface area contributed by atoms with Crippen molar-refractivity contribution in [2.45, 2.75) is 0 Å². The summed E-state index contributed by atoms with van der Waals surface area (Å²) < 4.78 is 0. The molecular weight excluding hydrogens is 129 g/mol. The summed E-state index contributed by atoms with van der Waals surface area (Å²) in [4.78, 5) is 9.16. The molecule has 0 aliphatic heterocycles. The van der Waals surface area contributed by atoms with Gasteiger partial charge in [-0.2, -0.15) is 5.26 Å². The fourth-order valence-corrected chi connectivity index (χ4v) is 0.172. The largest absolute Gasteiger partial charge is 0.667 e. The first-order valence-corrected chi connectivity index (χ1v) is 1.79. The highest BCUT2D eigenvalue weighted by molar-refractivity contribution is 6.37. The summed E-state index contributed by atoms with van der Waals surface area (Å²) in [6.07, 6.45) is 0.935. The number of nitro groups is 1. The molecule has 0 amide bonds. The van der Waals surface area contributed by atoms with E-state index in [1.807, 2.05) is 0 Å². The van der Waals surface area contributed by atoms with Crippen molar-refractivity contribution in [1.82, 2.24) is 4.92 Å². The van der Waals surface area contributed by atoms with Gasteiger partial charge < -0.3 is 10.0 Å². The topological polar surface area (TPSA) is 111 Å². The van der Waals surface area contributed by atoms with Gasteiger partial charge in [-0.05, 0) is 4.92 Å². The monoisotopic (exact) mass is 131 g/mol. The standard InChI is InChI=1S/CH2BN3O4/c3-1-4(2(6)7)5(8)9/h6-7H. The second-order valence-electron chi connectivity index (χ2n) is 1.03. The van der Waals surface area contributed by atoms with Crippen LogP contribution in [0.4, 0.5) is 0 Å². The molecule has 0 aromatic carbocycles. The maximum atomic E-state index is 9.56. The SMILES string of the molecule is N#CN(B(O)O)[N+](=O)[O-]. The molecule has 0 aliphatic carbocycles. The van der Waals surface area contributed by atoms with Crippen LogP contribution in [0.25, 0.3) is 0 Å². The first-order valence-electron chi connectivity index (χ1n) is 1.79. The van der Waals surface area contributed by atoms with E-state index in [1.54, 1.807) is 0 Å². The number of hydrazine groups is 1. The van der Waals surface area contributed by atoms with Crippen LogP contribution >= 0.6 is 0 Å². The first kappa shape index (κ1) is 7.67. The number of nitrogens with zero attached hydrogens (tertiary/aromatic N) is 3. The van der Waals surface area contributed by atoms with Crippen molar-refractivity contribution in [3.05, 3.63) is 10.1 Å². The minimum absolute atomic E-state index is 0.403. The molecular formula is CH2BN3O4. The molecule has 0 bridgehead atoms. The van der Waals surface area contributed by atoms with Crippen molar-refractivity contribution in [2.75, 3.05) is 0 Å². The van der Waals surface area contributed by atoms with Crippen LogP contribution in [0.2, 0.25) is 0 Å². The van der Waals surface area contributed by atoms with Crippen molar-refractivity contribution in [3.8, 4) is 6.19 Å². The number of hydrogen-bond acceptors (Lipinski definition) is 5. The lowest BCUT2D eigenvalue weighted by molar-refractivity contribution is -0.611. The van der Waals surface area contributed by atoms with Crippen LogP contribution in [0.3, 0.4) is 0 Å².